The molecule has 0 spiro atoms. The fraction of sp³-hybridized carbons (Fsp3) is 0.958. The first kappa shape index (κ1) is 21.6. The van der Waals surface area contributed by atoms with Crippen molar-refractivity contribution in [3.63, 3.8) is 0 Å². The van der Waals surface area contributed by atoms with Gasteiger partial charge in [0.25, 0.3) is 0 Å². The third kappa shape index (κ3) is 3.36. The number of fused-ring (bicyclic) bond motifs is 5. The van der Waals surface area contributed by atoms with Gasteiger partial charge >= 0.3 is 5.97 Å². The van der Waals surface area contributed by atoms with Crippen LogP contribution in [0.15, 0.2) is 0 Å². The Morgan fingerprint density at radius 2 is 1.66 bits per heavy atom. The fourth-order valence-corrected chi connectivity index (χ4v) is 8.82. The highest BCUT2D eigenvalue weighted by atomic mass is 16.4. The Labute approximate surface area is 174 Å². The first-order chi connectivity index (χ1) is 13.6. The molecule has 4 rings (SSSR count). The lowest BCUT2D eigenvalue weighted by Gasteiger charge is -2.62. The smallest absolute Gasteiger partial charge is 0.303 e. The Morgan fingerprint density at radius 3 is 2.34 bits per heavy atom. The Hall–Kier alpha value is -0.650. The van der Waals surface area contributed by atoms with Gasteiger partial charge in [0.15, 0.2) is 0 Å². The van der Waals surface area contributed by atoms with Crippen molar-refractivity contribution in [2.75, 3.05) is 0 Å². The minimum Gasteiger partial charge on any atom is -0.481 e. The van der Waals surface area contributed by atoms with Crippen LogP contribution >= 0.6 is 0 Å². The monoisotopic (exact) mass is 408 g/mol. The van der Waals surface area contributed by atoms with Crippen molar-refractivity contribution >= 4 is 5.97 Å². The number of carboxylic acid groups (broad SMARTS) is 1. The normalized spacial score (nSPS) is 52.9. The van der Waals surface area contributed by atoms with Crippen LogP contribution in [-0.4, -0.2) is 44.7 Å². The maximum absolute atomic E-state index is 11.3. The Kier molecular flexibility index (Phi) is 5.57. The molecule has 0 amide bonds. The van der Waals surface area contributed by atoms with Crippen LogP contribution in [0.2, 0.25) is 0 Å². The van der Waals surface area contributed by atoms with Gasteiger partial charge in [0.05, 0.1) is 18.3 Å². The second-order valence-electron chi connectivity index (χ2n) is 11.5. The molecule has 4 unspecified atom stereocenters. The predicted molar refractivity (Wildman–Crippen MR) is 110 cm³/mol. The third-order valence-corrected chi connectivity index (χ3v) is 10.2. The molecule has 5 nitrogen and oxygen atoms in total. The lowest BCUT2D eigenvalue weighted by Crippen LogP contribution is -2.58. The maximum atomic E-state index is 11.3. The van der Waals surface area contributed by atoms with Gasteiger partial charge in [-0.3, -0.25) is 4.79 Å². The average molecular weight is 409 g/mol. The summed E-state index contributed by atoms with van der Waals surface area (Å²) in [5.41, 5.74) is 0.152. The van der Waals surface area contributed by atoms with Gasteiger partial charge in [0, 0.05) is 6.42 Å². The minimum absolute atomic E-state index is 0.0309. The molecule has 11 atom stereocenters. The van der Waals surface area contributed by atoms with Gasteiger partial charge in [-0.25, -0.2) is 0 Å². The summed E-state index contributed by atoms with van der Waals surface area (Å²) in [5.74, 6) is 0.881. The Balaban J connectivity index is 1.59. The summed E-state index contributed by atoms with van der Waals surface area (Å²) in [6.45, 7) is 6.81. The quantitative estimate of drug-likeness (QED) is 0.571. The second kappa shape index (κ2) is 7.49. The van der Waals surface area contributed by atoms with E-state index < -0.39 is 12.1 Å². The summed E-state index contributed by atoms with van der Waals surface area (Å²) in [7, 11) is 0. The van der Waals surface area contributed by atoms with E-state index in [1.54, 1.807) is 0 Å². The van der Waals surface area contributed by atoms with Crippen LogP contribution in [0.3, 0.4) is 0 Å². The van der Waals surface area contributed by atoms with Crippen LogP contribution in [0.1, 0.15) is 78.6 Å². The molecule has 5 heteroatoms. The fourth-order valence-electron chi connectivity index (χ4n) is 8.82. The van der Waals surface area contributed by atoms with Gasteiger partial charge in [-0.1, -0.05) is 20.8 Å². The summed E-state index contributed by atoms with van der Waals surface area (Å²) in [6, 6.07) is 0. The molecule has 4 saturated carbocycles. The molecule has 0 heterocycles. The van der Waals surface area contributed by atoms with Crippen molar-refractivity contribution in [3.05, 3.63) is 0 Å². The zero-order chi connectivity index (χ0) is 21.1. The molecule has 0 aromatic rings. The van der Waals surface area contributed by atoms with Crippen LogP contribution < -0.4 is 0 Å². The molecular weight excluding hydrogens is 368 g/mol. The molecule has 4 aliphatic rings. The number of aliphatic hydroxyl groups excluding tert-OH is 3. The molecule has 0 aromatic carbocycles. The summed E-state index contributed by atoms with van der Waals surface area (Å²) in [4.78, 5) is 11.1. The summed E-state index contributed by atoms with van der Waals surface area (Å²) >= 11 is 0. The highest BCUT2D eigenvalue weighted by Gasteiger charge is 2.64. The molecule has 0 radical (unpaired) electrons. The van der Waals surface area contributed by atoms with Crippen molar-refractivity contribution in [3.8, 4) is 0 Å². The lowest BCUT2D eigenvalue weighted by atomic mass is 9.43. The first-order valence-electron chi connectivity index (χ1n) is 11.8. The maximum Gasteiger partial charge on any atom is 0.303 e. The molecule has 29 heavy (non-hydrogen) atoms. The van der Waals surface area contributed by atoms with E-state index in [-0.39, 0.29) is 47.2 Å². The number of rotatable bonds is 4. The van der Waals surface area contributed by atoms with E-state index in [0.717, 1.165) is 44.9 Å². The third-order valence-electron chi connectivity index (χ3n) is 10.2. The van der Waals surface area contributed by atoms with E-state index in [1.807, 2.05) is 0 Å². The van der Waals surface area contributed by atoms with E-state index in [2.05, 4.69) is 20.8 Å². The van der Waals surface area contributed by atoms with E-state index in [9.17, 15) is 20.1 Å². The van der Waals surface area contributed by atoms with Crippen LogP contribution in [-0.2, 0) is 4.79 Å². The van der Waals surface area contributed by atoms with E-state index >= 15 is 0 Å². The van der Waals surface area contributed by atoms with Crippen molar-refractivity contribution in [1.82, 2.24) is 0 Å². The molecule has 4 fully saturated rings. The van der Waals surface area contributed by atoms with E-state index in [4.69, 9.17) is 5.11 Å². The first-order valence-corrected chi connectivity index (χ1v) is 11.8. The Morgan fingerprint density at radius 1 is 0.966 bits per heavy atom. The van der Waals surface area contributed by atoms with E-state index in [0.29, 0.717) is 24.2 Å². The van der Waals surface area contributed by atoms with Gasteiger partial charge in [-0.15, -0.1) is 0 Å². The van der Waals surface area contributed by atoms with Crippen molar-refractivity contribution < 1.29 is 25.2 Å². The molecule has 0 aromatic heterocycles. The molecule has 0 saturated heterocycles. The van der Waals surface area contributed by atoms with E-state index in [1.165, 1.54) is 0 Å². The van der Waals surface area contributed by atoms with Crippen molar-refractivity contribution in [1.29, 1.82) is 0 Å². The predicted octanol–water partition coefficient (Wildman–Crippen LogP) is 3.45. The highest BCUT2D eigenvalue weighted by molar-refractivity contribution is 5.66. The lowest BCUT2D eigenvalue weighted by molar-refractivity contribution is -0.174. The van der Waals surface area contributed by atoms with Crippen LogP contribution in [0.25, 0.3) is 0 Å². The molecule has 0 aliphatic heterocycles. The summed E-state index contributed by atoms with van der Waals surface area (Å²) in [6.07, 6.45) is 6.14. The number of hydrogen-bond donors (Lipinski definition) is 4. The summed E-state index contributed by atoms with van der Waals surface area (Å²) < 4.78 is 0. The largest absolute Gasteiger partial charge is 0.481 e. The van der Waals surface area contributed by atoms with Gasteiger partial charge in [-0.05, 0) is 97.7 Å². The summed E-state index contributed by atoms with van der Waals surface area (Å²) in [5, 5.41) is 41.6. The Bertz CT molecular complexity index is 637. The van der Waals surface area contributed by atoms with Crippen molar-refractivity contribution in [2.24, 2.45) is 46.3 Å². The van der Waals surface area contributed by atoms with Gasteiger partial charge in [0.1, 0.15) is 0 Å². The molecular formula is C24H40O5. The van der Waals surface area contributed by atoms with Crippen LogP contribution in [0.5, 0.6) is 0 Å². The molecule has 4 aliphatic carbocycles. The number of carbonyl (C=O) groups is 1. The second-order valence-corrected chi connectivity index (χ2v) is 11.5. The highest BCUT2D eigenvalue weighted by Crippen LogP contribution is 2.68. The van der Waals surface area contributed by atoms with Gasteiger partial charge in [0.2, 0.25) is 0 Å². The number of carboxylic acids is 1. The number of aliphatic carboxylic acids is 1. The molecule has 0 bridgehead atoms. The van der Waals surface area contributed by atoms with Gasteiger partial charge < -0.3 is 20.4 Å². The number of hydrogen-bond acceptors (Lipinski definition) is 4. The number of aliphatic hydroxyl groups is 3. The minimum atomic E-state index is -0.768. The standard InChI is InChI=1S/C24H40O5/c1-13(4-5-20(28)29)22-19(27)12-17-21-16(7-9-24(17,22)3)23(2)8-6-15(25)10-14(23)11-18(21)26/h13-19,21-22,25-27H,4-12H2,1-3H3,(H,28,29)/t13-,14+,15-,16?,17?,18-,19?,21?,22+,23+,24+/m1/s1. The zero-order valence-electron chi connectivity index (χ0n) is 18.3. The SMILES string of the molecule is C[C@H](CCC(=O)O)[C@H]1C(O)CC2C3C(CC[C@@]21C)[C@@]1(C)CC[C@@H](O)C[C@H]1C[C@H]3O. The van der Waals surface area contributed by atoms with Crippen molar-refractivity contribution in [2.45, 2.75) is 96.9 Å². The molecule has 4 N–H and O–H groups in total. The van der Waals surface area contributed by atoms with Gasteiger partial charge in [-0.2, -0.15) is 0 Å². The zero-order valence-corrected chi connectivity index (χ0v) is 18.3. The molecule has 166 valence electrons. The van der Waals surface area contributed by atoms with Crippen LogP contribution in [0.4, 0.5) is 0 Å². The topological polar surface area (TPSA) is 98.0 Å². The van der Waals surface area contributed by atoms with Crippen LogP contribution in [0, 0.1) is 46.3 Å². The average Bonchev–Trinajstić information content (AvgIpc) is 2.91.